The molecule has 2 amide bonds. The minimum Gasteiger partial charge on any atom is -0.353 e. The summed E-state index contributed by atoms with van der Waals surface area (Å²) in [6.45, 7) is 8.84. The van der Waals surface area contributed by atoms with Crippen LogP contribution in [0.2, 0.25) is 0 Å². The maximum Gasteiger partial charge on any atom is 0.237 e. The van der Waals surface area contributed by atoms with Gasteiger partial charge in [0.15, 0.2) is 0 Å². The number of aryl methyl sites for hydroxylation is 1. The summed E-state index contributed by atoms with van der Waals surface area (Å²) in [6, 6.07) is 7.52. The molecule has 150 valence electrons. The largest absolute Gasteiger partial charge is 0.353 e. The third-order valence-corrected chi connectivity index (χ3v) is 4.97. The van der Waals surface area contributed by atoms with Crippen molar-refractivity contribution in [2.45, 2.75) is 39.8 Å². The van der Waals surface area contributed by atoms with Gasteiger partial charge in [-0.15, -0.1) is 0 Å². The Bertz CT molecular complexity index is 830. The topological polar surface area (TPSA) is 79.3 Å². The first-order valence-corrected chi connectivity index (χ1v) is 9.82. The average Bonchev–Trinajstić information content (AvgIpc) is 3.08. The van der Waals surface area contributed by atoms with E-state index in [1.807, 2.05) is 42.0 Å². The lowest BCUT2D eigenvalue weighted by Gasteiger charge is -2.35. The quantitative estimate of drug-likeness (QED) is 0.762. The Balaban J connectivity index is 1.64. The van der Waals surface area contributed by atoms with Crippen molar-refractivity contribution in [1.82, 2.24) is 25.1 Å². The molecule has 1 aromatic heterocycles. The van der Waals surface area contributed by atoms with Gasteiger partial charge in [0.05, 0.1) is 18.2 Å². The fraction of sp³-hybridized carbons (Fsp3) is 0.476. The number of nitrogens with zero attached hydrogens (tertiary/aromatic N) is 3. The monoisotopic (exact) mass is 383 g/mol. The minimum absolute atomic E-state index is 0.0588. The van der Waals surface area contributed by atoms with Crippen LogP contribution < -0.4 is 10.6 Å². The smallest absolute Gasteiger partial charge is 0.237 e. The molecule has 1 fully saturated rings. The molecule has 28 heavy (non-hydrogen) atoms. The number of hydrogen-bond donors (Lipinski definition) is 2. The van der Waals surface area contributed by atoms with Gasteiger partial charge in [0.1, 0.15) is 5.82 Å². The second-order valence-electron chi connectivity index (χ2n) is 7.65. The second kappa shape index (κ2) is 9.01. The second-order valence-corrected chi connectivity index (χ2v) is 7.65. The number of imidazole rings is 1. The van der Waals surface area contributed by atoms with Crippen LogP contribution in [0.15, 0.2) is 36.7 Å². The predicted molar refractivity (Wildman–Crippen MR) is 108 cm³/mol. The highest BCUT2D eigenvalue weighted by molar-refractivity contribution is 5.88. The molecule has 2 heterocycles. The third kappa shape index (κ3) is 4.78. The summed E-state index contributed by atoms with van der Waals surface area (Å²) in [4.78, 5) is 31.3. The molecule has 0 aliphatic carbocycles. The summed E-state index contributed by atoms with van der Waals surface area (Å²) in [5.74, 6) is 1.16. The number of rotatable bonds is 7. The Hall–Kier alpha value is -2.67. The maximum atomic E-state index is 12.6. The van der Waals surface area contributed by atoms with Gasteiger partial charge in [0.2, 0.25) is 11.8 Å². The summed E-state index contributed by atoms with van der Waals surface area (Å²) >= 11 is 0. The summed E-state index contributed by atoms with van der Waals surface area (Å²) in [5, 5.41) is 5.86. The molecule has 1 aliphatic heterocycles. The van der Waals surface area contributed by atoms with Gasteiger partial charge in [-0.1, -0.05) is 32.0 Å². The van der Waals surface area contributed by atoms with Crippen LogP contribution in [0.3, 0.4) is 0 Å². The molecule has 1 saturated heterocycles. The highest BCUT2D eigenvalue weighted by Gasteiger charge is 2.31. The van der Waals surface area contributed by atoms with Crippen molar-refractivity contribution in [3.8, 4) is 5.69 Å². The van der Waals surface area contributed by atoms with Gasteiger partial charge in [0.25, 0.3) is 0 Å². The van der Waals surface area contributed by atoms with Gasteiger partial charge in [-0.2, -0.15) is 0 Å². The first kappa shape index (κ1) is 20.1. The molecular formula is C21H29N5O2. The standard InChI is InChI=1S/C21H29N5O2/c1-15(2)14-25-10-8-23-21(28)19(25)12-20(27)24-13-17-6-4-5-7-18(17)26-11-9-22-16(26)3/h4-7,9,11,15,19H,8,10,12-14H2,1-3H3,(H,23,28)(H,24,27). The maximum absolute atomic E-state index is 12.6. The summed E-state index contributed by atoms with van der Waals surface area (Å²) in [5.41, 5.74) is 2.00. The molecule has 3 rings (SSSR count). The Morgan fingerprint density at radius 3 is 2.86 bits per heavy atom. The summed E-state index contributed by atoms with van der Waals surface area (Å²) < 4.78 is 2.00. The van der Waals surface area contributed by atoms with E-state index < -0.39 is 6.04 Å². The van der Waals surface area contributed by atoms with Crippen molar-refractivity contribution in [3.05, 3.63) is 48.0 Å². The molecule has 7 nitrogen and oxygen atoms in total. The van der Waals surface area contributed by atoms with Crippen molar-refractivity contribution in [3.63, 3.8) is 0 Å². The van der Waals surface area contributed by atoms with Gasteiger partial charge < -0.3 is 15.2 Å². The Kier molecular flexibility index (Phi) is 6.46. The molecule has 0 spiro atoms. The van der Waals surface area contributed by atoms with Crippen LogP contribution >= 0.6 is 0 Å². The number of amides is 2. The molecular weight excluding hydrogens is 354 g/mol. The SMILES string of the molecule is Cc1nccn1-c1ccccc1CNC(=O)CC1C(=O)NCCN1CC(C)C. The number of benzene rings is 1. The zero-order valence-electron chi connectivity index (χ0n) is 16.8. The molecule has 0 bridgehead atoms. The Morgan fingerprint density at radius 2 is 2.14 bits per heavy atom. The lowest BCUT2D eigenvalue weighted by molar-refractivity contribution is -0.134. The van der Waals surface area contributed by atoms with Crippen molar-refractivity contribution < 1.29 is 9.59 Å². The van der Waals surface area contributed by atoms with Crippen LogP contribution in [-0.4, -0.2) is 51.9 Å². The molecule has 1 atom stereocenters. The average molecular weight is 383 g/mol. The number of piperazine rings is 1. The molecule has 2 aromatic rings. The predicted octanol–water partition coefficient (Wildman–Crippen LogP) is 1.64. The Morgan fingerprint density at radius 1 is 1.36 bits per heavy atom. The highest BCUT2D eigenvalue weighted by Crippen LogP contribution is 2.16. The van der Waals surface area contributed by atoms with E-state index in [4.69, 9.17) is 0 Å². The van der Waals surface area contributed by atoms with Gasteiger partial charge in [-0.25, -0.2) is 4.98 Å². The van der Waals surface area contributed by atoms with Crippen LogP contribution in [0.4, 0.5) is 0 Å². The molecule has 1 unspecified atom stereocenters. The zero-order chi connectivity index (χ0) is 20.1. The number of para-hydroxylation sites is 1. The van der Waals surface area contributed by atoms with Crippen molar-refractivity contribution >= 4 is 11.8 Å². The molecule has 0 radical (unpaired) electrons. The lowest BCUT2D eigenvalue weighted by Crippen LogP contribution is -2.57. The summed E-state index contributed by atoms with van der Waals surface area (Å²) in [7, 11) is 0. The van der Waals surface area contributed by atoms with E-state index >= 15 is 0 Å². The van der Waals surface area contributed by atoms with Crippen LogP contribution in [0.5, 0.6) is 0 Å². The Labute approximate surface area is 166 Å². The number of carbonyl (C=O) groups excluding carboxylic acids is 2. The van der Waals surface area contributed by atoms with E-state index in [9.17, 15) is 9.59 Å². The molecule has 7 heteroatoms. The van der Waals surface area contributed by atoms with E-state index in [0.717, 1.165) is 30.2 Å². The van der Waals surface area contributed by atoms with E-state index in [-0.39, 0.29) is 18.2 Å². The fourth-order valence-electron chi connectivity index (χ4n) is 3.64. The number of hydrogen-bond acceptors (Lipinski definition) is 4. The number of aromatic nitrogens is 2. The van der Waals surface area contributed by atoms with E-state index in [1.54, 1.807) is 6.20 Å². The van der Waals surface area contributed by atoms with Crippen LogP contribution in [-0.2, 0) is 16.1 Å². The van der Waals surface area contributed by atoms with Crippen LogP contribution in [0, 0.1) is 12.8 Å². The third-order valence-electron chi connectivity index (χ3n) is 4.97. The normalized spacial score (nSPS) is 17.6. The van der Waals surface area contributed by atoms with E-state index in [1.165, 1.54) is 0 Å². The van der Waals surface area contributed by atoms with Gasteiger partial charge in [0, 0.05) is 38.6 Å². The van der Waals surface area contributed by atoms with Crippen LogP contribution in [0.25, 0.3) is 5.69 Å². The van der Waals surface area contributed by atoms with Gasteiger partial charge in [-0.05, 0) is 24.5 Å². The van der Waals surface area contributed by atoms with Gasteiger partial charge >= 0.3 is 0 Å². The number of nitrogens with one attached hydrogen (secondary N) is 2. The minimum atomic E-state index is -0.401. The first-order valence-electron chi connectivity index (χ1n) is 9.82. The molecule has 2 N–H and O–H groups in total. The highest BCUT2D eigenvalue weighted by atomic mass is 16.2. The fourth-order valence-corrected chi connectivity index (χ4v) is 3.64. The first-order chi connectivity index (χ1) is 13.5. The van der Waals surface area contributed by atoms with Crippen molar-refractivity contribution in [2.75, 3.05) is 19.6 Å². The van der Waals surface area contributed by atoms with E-state index in [2.05, 4.69) is 34.4 Å². The van der Waals surface area contributed by atoms with Crippen molar-refractivity contribution in [1.29, 1.82) is 0 Å². The van der Waals surface area contributed by atoms with E-state index in [0.29, 0.717) is 19.0 Å². The lowest BCUT2D eigenvalue weighted by atomic mass is 10.1. The van der Waals surface area contributed by atoms with Gasteiger partial charge in [-0.3, -0.25) is 14.5 Å². The molecule has 1 aliphatic rings. The number of carbonyl (C=O) groups is 2. The molecule has 1 aromatic carbocycles. The van der Waals surface area contributed by atoms with Crippen LogP contribution in [0.1, 0.15) is 31.7 Å². The van der Waals surface area contributed by atoms with Crippen molar-refractivity contribution in [2.24, 2.45) is 5.92 Å². The summed E-state index contributed by atoms with van der Waals surface area (Å²) in [6.07, 6.45) is 3.84. The zero-order valence-corrected chi connectivity index (χ0v) is 16.8. The molecule has 0 saturated carbocycles.